The van der Waals surface area contributed by atoms with E-state index in [9.17, 15) is 0 Å². The highest BCUT2D eigenvalue weighted by Gasteiger charge is 2.52. The summed E-state index contributed by atoms with van der Waals surface area (Å²) in [6.07, 6.45) is 9.33. The zero-order valence-corrected chi connectivity index (χ0v) is 35.7. The van der Waals surface area contributed by atoms with E-state index in [1.54, 1.807) is 0 Å². The number of allylic oxidation sites excluding steroid dienone is 4. The maximum atomic E-state index is 6.96. The fourth-order valence-electron chi connectivity index (χ4n) is 12.7. The van der Waals surface area contributed by atoms with Gasteiger partial charge >= 0.3 is 0 Å². The quantitative estimate of drug-likeness (QED) is 0.176. The topological polar surface area (TPSA) is 16.4 Å². The summed E-state index contributed by atoms with van der Waals surface area (Å²) in [6.45, 7) is 4.90. The van der Waals surface area contributed by atoms with Gasteiger partial charge in [-0.15, -0.1) is 0 Å². The van der Waals surface area contributed by atoms with Gasteiger partial charge in [0.2, 0.25) is 0 Å². The van der Waals surface area contributed by atoms with Crippen LogP contribution in [0.1, 0.15) is 53.1 Å². The van der Waals surface area contributed by atoms with Gasteiger partial charge < -0.3 is 9.32 Å². The largest absolute Gasteiger partial charge is 0.455 e. The lowest BCUT2D eigenvalue weighted by Gasteiger charge is -2.36. The van der Waals surface area contributed by atoms with E-state index >= 15 is 0 Å². The van der Waals surface area contributed by atoms with Crippen molar-refractivity contribution < 1.29 is 4.42 Å². The van der Waals surface area contributed by atoms with Crippen molar-refractivity contribution in [1.29, 1.82) is 0 Å². The Kier molecular flexibility index (Phi) is 7.25. The molecule has 1 heterocycles. The van der Waals surface area contributed by atoms with Gasteiger partial charge in [-0.05, 0) is 114 Å². The van der Waals surface area contributed by atoms with Crippen LogP contribution >= 0.6 is 0 Å². The van der Waals surface area contributed by atoms with Gasteiger partial charge in [0.15, 0.2) is 0 Å². The van der Waals surface area contributed by atoms with Crippen LogP contribution in [0, 0.1) is 5.92 Å². The maximum Gasteiger partial charge on any atom is 0.143 e. The zero-order chi connectivity index (χ0) is 42.3. The molecule has 1 spiro atoms. The Morgan fingerprint density at radius 1 is 0.453 bits per heavy atom. The zero-order valence-electron chi connectivity index (χ0n) is 35.7. The second-order valence-corrected chi connectivity index (χ2v) is 18.7. The van der Waals surface area contributed by atoms with Crippen LogP contribution in [0.2, 0.25) is 0 Å². The number of rotatable bonds is 4. The van der Waals surface area contributed by atoms with Crippen molar-refractivity contribution in [2.45, 2.75) is 30.6 Å². The number of hydrogen-bond acceptors (Lipinski definition) is 2. The maximum absolute atomic E-state index is 6.96. The molecule has 9 aromatic carbocycles. The number of furan rings is 1. The van der Waals surface area contributed by atoms with Crippen LogP contribution in [0.4, 0.5) is 17.1 Å². The molecule has 14 rings (SSSR count). The fourth-order valence-corrected chi connectivity index (χ4v) is 12.7. The summed E-state index contributed by atoms with van der Waals surface area (Å²) in [4.78, 5) is 2.58. The number of anilines is 3. The first-order valence-corrected chi connectivity index (χ1v) is 22.7. The van der Waals surface area contributed by atoms with Gasteiger partial charge in [0, 0.05) is 33.5 Å². The lowest BCUT2D eigenvalue weighted by atomic mass is 9.70. The van der Waals surface area contributed by atoms with E-state index < -0.39 is 5.41 Å². The summed E-state index contributed by atoms with van der Waals surface area (Å²) >= 11 is 0. The highest BCUT2D eigenvalue weighted by atomic mass is 16.3. The lowest BCUT2D eigenvalue weighted by molar-refractivity contribution is 0.395. The highest BCUT2D eigenvalue weighted by Crippen LogP contribution is 2.64. The van der Waals surface area contributed by atoms with Crippen molar-refractivity contribution in [3.63, 3.8) is 0 Å². The molecule has 0 aliphatic heterocycles. The molecule has 2 heteroatoms. The van der Waals surface area contributed by atoms with Crippen LogP contribution in [-0.4, -0.2) is 0 Å². The van der Waals surface area contributed by atoms with Crippen LogP contribution in [0.15, 0.2) is 217 Å². The van der Waals surface area contributed by atoms with Crippen LogP contribution in [0.5, 0.6) is 0 Å². The number of benzene rings is 9. The van der Waals surface area contributed by atoms with Crippen LogP contribution in [0.25, 0.3) is 66.1 Å². The Labute approximate surface area is 373 Å². The van der Waals surface area contributed by atoms with E-state index in [1.165, 1.54) is 72.1 Å². The fraction of sp³-hybridized carbons (Fsp3) is 0.0968. The van der Waals surface area contributed by atoms with E-state index in [1.807, 2.05) is 0 Å². The van der Waals surface area contributed by atoms with Gasteiger partial charge in [0.25, 0.3) is 0 Å². The monoisotopic (exact) mass is 817 g/mol. The predicted octanol–water partition coefficient (Wildman–Crippen LogP) is 16.3. The molecule has 0 saturated heterocycles. The minimum atomic E-state index is -0.466. The molecule has 0 saturated carbocycles. The Morgan fingerprint density at radius 3 is 1.77 bits per heavy atom. The minimum absolute atomic E-state index is 0.136. The van der Waals surface area contributed by atoms with Crippen molar-refractivity contribution >= 4 is 49.8 Å². The molecule has 10 aromatic rings. The third-order valence-electron chi connectivity index (χ3n) is 15.3. The molecule has 4 aliphatic carbocycles. The summed E-state index contributed by atoms with van der Waals surface area (Å²) in [5, 5.41) is 4.65. The van der Waals surface area contributed by atoms with Crippen molar-refractivity contribution in [2.75, 3.05) is 4.90 Å². The Balaban J connectivity index is 1.06. The van der Waals surface area contributed by atoms with Gasteiger partial charge in [0.05, 0.1) is 16.8 Å². The molecule has 0 N–H and O–H groups in total. The molecular weight excluding hydrogens is 775 g/mol. The second-order valence-electron chi connectivity index (χ2n) is 18.7. The van der Waals surface area contributed by atoms with Crippen molar-refractivity contribution in [1.82, 2.24) is 0 Å². The van der Waals surface area contributed by atoms with Crippen LogP contribution in [-0.2, 0) is 10.8 Å². The number of nitrogens with zero attached hydrogens (tertiary/aromatic N) is 1. The van der Waals surface area contributed by atoms with Gasteiger partial charge in [-0.25, -0.2) is 0 Å². The molecule has 4 aliphatic rings. The number of hydrogen-bond donors (Lipinski definition) is 0. The summed E-state index contributed by atoms with van der Waals surface area (Å²) < 4.78 is 6.96. The smallest absolute Gasteiger partial charge is 0.143 e. The molecule has 2 unspecified atom stereocenters. The minimum Gasteiger partial charge on any atom is -0.455 e. The summed E-state index contributed by atoms with van der Waals surface area (Å²) in [6, 6.07) is 70.3. The third kappa shape index (κ3) is 4.60. The van der Waals surface area contributed by atoms with Crippen molar-refractivity contribution in [3.8, 4) is 33.4 Å². The highest BCUT2D eigenvalue weighted by molar-refractivity contribution is 6.14. The van der Waals surface area contributed by atoms with Gasteiger partial charge in [-0.2, -0.15) is 0 Å². The molecule has 302 valence electrons. The molecule has 0 radical (unpaired) electrons. The molecule has 0 bridgehead atoms. The summed E-state index contributed by atoms with van der Waals surface area (Å²) in [5.41, 5.74) is 20.3. The van der Waals surface area contributed by atoms with Crippen molar-refractivity contribution in [2.24, 2.45) is 5.92 Å². The predicted molar refractivity (Wildman–Crippen MR) is 265 cm³/mol. The van der Waals surface area contributed by atoms with Crippen LogP contribution < -0.4 is 4.90 Å². The Bertz CT molecular complexity index is 3630. The van der Waals surface area contributed by atoms with Gasteiger partial charge in [0.1, 0.15) is 11.2 Å². The number of para-hydroxylation sites is 2. The number of fused-ring (bicyclic) bond motifs is 17. The summed E-state index contributed by atoms with van der Waals surface area (Å²) in [7, 11) is 0. The first kappa shape index (κ1) is 35.9. The van der Waals surface area contributed by atoms with Gasteiger partial charge in [-0.1, -0.05) is 190 Å². The normalized spacial score (nSPS) is 17.7. The third-order valence-corrected chi connectivity index (χ3v) is 15.3. The summed E-state index contributed by atoms with van der Waals surface area (Å²) in [5.74, 6) is 0.672. The van der Waals surface area contributed by atoms with E-state index in [0.717, 1.165) is 44.4 Å². The SMILES string of the molecule is CC1(C)c2c(cccc2N(c2ccc3c(c2)C2(c4ccccc4-c4ccccc42)c2ccccc2-3)c2ccccc2-c2cccc3c2oc2cc4ccccc4cc23)C2C=CC=CC21. The molecule has 0 fully saturated rings. The molecule has 2 nitrogen and oxygen atoms in total. The standard InChI is InChI=1S/C62H43NO/c1-61(2)51-27-10-5-22-44(51)47-24-16-32-57(59(47)61)63(56-31-14-9-23-46(56)48-25-15-26-49-50-35-38-17-3-4-18-39(38)36-58(50)64-60(48)49)40-33-34-45-43-21-8-13-30-54(43)62(55(45)37-40)52-28-11-6-19-41(52)42-20-7-12-29-53(42)62/h3-37,44,51H,1-2H3. The lowest BCUT2D eigenvalue weighted by Crippen LogP contribution is -2.27. The first-order chi connectivity index (χ1) is 31.5. The second kappa shape index (κ2) is 12.9. The molecular formula is C62H43NO. The molecule has 2 atom stereocenters. The van der Waals surface area contributed by atoms with E-state index in [2.05, 4.69) is 231 Å². The Morgan fingerprint density at radius 2 is 1.03 bits per heavy atom. The van der Waals surface area contributed by atoms with Crippen molar-refractivity contribution in [3.05, 3.63) is 246 Å². The first-order valence-electron chi connectivity index (χ1n) is 22.7. The van der Waals surface area contributed by atoms with E-state index in [0.29, 0.717) is 11.8 Å². The molecule has 0 amide bonds. The average molecular weight is 818 g/mol. The molecule has 1 aromatic heterocycles. The molecule has 64 heavy (non-hydrogen) atoms. The van der Waals surface area contributed by atoms with E-state index in [-0.39, 0.29) is 5.41 Å². The van der Waals surface area contributed by atoms with Gasteiger partial charge in [-0.3, -0.25) is 0 Å². The van der Waals surface area contributed by atoms with Crippen LogP contribution in [0.3, 0.4) is 0 Å². The van der Waals surface area contributed by atoms with E-state index in [4.69, 9.17) is 4.42 Å². The Hall–Kier alpha value is -7.68. The average Bonchev–Trinajstić information content (AvgIpc) is 4.03.